The molecule has 4 fully saturated rings. The van der Waals surface area contributed by atoms with Crippen LogP contribution in [0.15, 0.2) is 158 Å². The average molecular weight is 1780 g/mol. The Morgan fingerprint density at radius 1 is 0.421 bits per heavy atom. The molecular formula is C91H99BClF4N2O27. The van der Waals surface area contributed by atoms with Gasteiger partial charge in [0.05, 0.1) is 130 Å². The lowest BCUT2D eigenvalue weighted by Crippen LogP contribution is -2.36. The lowest BCUT2D eigenvalue weighted by molar-refractivity contribution is -0.198. The Morgan fingerprint density at radius 2 is 0.762 bits per heavy atom. The summed E-state index contributed by atoms with van der Waals surface area (Å²) < 4.78 is 116. The number of methoxy groups -OCH3 is 10. The maximum absolute atomic E-state index is 14.6. The van der Waals surface area contributed by atoms with Gasteiger partial charge in [-0.3, -0.25) is 52.8 Å². The van der Waals surface area contributed by atoms with Crippen molar-refractivity contribution in [2.75, 3.05) is 71.1 Å². The fraction of sp³-hybridized carbons (Fsp3) is 0.363. The molecule has 0 aromatic heterocycles. The molecule has 5 N–H and O–H groups in total. The van der Waals surface area contributed by atoms with Crippen LogP contribution in [0.2, 0.25) is 0 Å². The smallest absolute Gasteiger partial charge is 0.313 e. The number of esters is 6. The van der Waals surface area contributed by atoms with Crippen LogP contribution >= 0.6 is 11.6 Å². The molecule has 8 atom stereocenters. The van der Waals surface area contributed by atoms with E-state index < -0.39 is 133 Å². The first kappa shape index (κ1) is 102. The van der Waals surface area contributed by atoms with Gasteiger partial charge in [-0.05, 0) is 193 Å². The number of amides is 2. The summed E-state index contributed by atoms with van der Waals surface area (Å²) in [5, 5.41) is 39.5. The molecular weight excluding hydrogens is 1680 g/mol. The fourth-order valence-corrected chi connectivity index (χ4v) is 14.5. The highest BCUT2D eigenvalue weighted by atomic mass is 35.5. The van der Waals surface area contributed by atoms with Crippen LogP contribution in [-0.2, 0) is 124 Å². The van der Waals surface area contributed by atoms with Gasteiger partial charge in [0.1, 0.15) is 41.1 Å². The SMILES string of the molecule is C.COC(=O)[C@@]1(Cc2ccc(O)c(F)c2)CC1C(=O)NCc1ccc(OC)cc1OC.COC(=O)[C@@]1(Cc2ccc(O)c(F)c2)CC1C(=O)O.COC(=O)[C@@]1(Cc2ccc(OC(C)=O)c(F)c2)CC1C(=O)Cl.COC(=O)[C@@]1(Cc2ccc(OC(C)=O)c(F)c2)CC1C(=O)N(Cc1ccc(OC)cc1OC)OCc1ccc(OC)cc1.COc1ccc(CO)cc1.[B]. The Morgan fingerprint density at radius 3 is 1.12 bits per heavy atom. The molecule has 126 heavy (non-hydrogen) atoms. The molecule has 2 amide bonds. The van der Waals surface area contributed by atoms with Crippen LogP contribution in [0.5, 0.6) is 57.5 Å². The topological polar surface area (TPSA) is 387 Å². The number of benzene rings is 8. The molecule has 0 saturated heterocycles. The van der Waals surface area contributed by atoms with Gasteiger partial charge in [-0.15, -0.1) is 0 Å². The molecule has 0 bridgehead atoms. The first-order valence-corrected chi connectivity index (χ1v) is 38.6. The van der Waals surface area contributed by atoms with Gasteiger partial charge in [0.15, 0.2) is 46.3 Å². The number of nitrogens with zero attached hydrogens (tertiary/aromatic N) is 1. The second kappa shape index (κ2) is 45.6. The number of hydroxylamine groups is 2. The summed E-state index contributed by atoms with van der Waals surface area (Å²) in [6.45, 7) is 2.72. The van der Waals surface area contributed by atoms with Crippen molar-refractivity contribution in [2.45, 2.75) is 98.9 Å². The number of carboxylic acid groups (broad SMARTS) is 1. The van der Waals surface area contributed by atoms with E-state index in [1.807, 2.05) is 36.4 Å². The number of hydrogen-bond donors (Lipinski definition) is 5. The number of aliphatic hydroxyl groups excluding tert-OH is 1. The number of aliphatic carboxylic acids is 1. The lowest BCUT2D eigenvalue weighted by Gasteiger charge is -2.25. The molecule has 8 aromatic rings. The zero-order chi connectivity index (χ0) is 91.1. The van der Waals surface area contributed by atoms with E-state index in [-0.39, 0.29) is 104 Å². The molecule has 3 radical (unpaired) electrons. The van der Waals surface area contributed by atoms with Gasteiger partial charge < -0.3 is 82.6 Å². The Kier molecular flexibility index (Phi) is 36.9. The summed E-state index contributed by atoms with van der Waals surface area (Å²) in [4.78, 5) is 126. The minimum Gasteiger partial charge on any atom is -0.505 e. The van der Waals surface area contributed by atoms with Crippen molar-refractivity contribution in [3.8, 4) is 57.5 Å². The first-order chi connectivity index (χ1) is 59.0. The molecule has 4 unspecified atom stereocenters. The predicted octanol–water partition coefficient (Wildman–Crippen LogP) is 12.3. The van der Waals surface area contributed by atoms with Crippen LogP contribution in [0.1, 0.15) is 91.5 Å². The minimum atomic E-state index is -1.23. The summed E-state index contributed by atoms with van der Waals surface area (Å²) in [5.74, 6) is -8.81. The van der Waals surface area contributed by atoms with E-state index in [9.17, 15) is 70.6 Å². The van der Waals surface area contributed by atoms with Gasteiger partial charge in [0, 0.05) is 52.1 Å². The van der Waals surface area contributed by atoms with Crippen molar-refractivity contribution in [2.24, 2.45) is 45.3 Å². The molecule has 35 heteroatoms. The number of rotatable bonds is 32. The summed E-state index contributed by atoms with van der Waals surface area (Å²) >= 11 is 5.46. The van der Waals surface area contributed by atoms with E-state index in [1.165, 1.54) is 117 Å². The second-order valence-electron chi connectivity index (χ2n) is 29.3. The summed E-state index contributed by atoms with van der Waals surface area (Å²) in [7, 11) is 14.2. The largest absolute Gasteiger partial charge is 0.505 e. The number of phenolic OH excluding ortho intramolecular Hbond substituents is 2. The van der Waals surface area contributed by atoms with Crippen LogP contribution in [0.3, 0.4) is 0 Å². The third-order valence-corrected chi connectivity index (χ3v) is 21.6. The normalized spacial score (nSPS) is 19.0. The van der Waals surface area contributed by atoms with Crippen molar-refractivity contribution in [3.05, 3.63) is 226 Å². The van der Waals surface area contributed by atoms with Gasteiger partial charge in [-0.2, -0.15) is 0 Å². The van der Waals surface area contributed by atoms with E-state index in [4.69, 9.17) is 83.9 Å². The van der Waals surface area contributed by atoms with Gasteiger partial charge in [0.25, 0.3) is 5.91 Å². The maximum Gasteiger partial charge on any atom is 0.313 e. The van der Waals surface area contributed by atoms with Crippen molar-refractivity contribution >= 4 is 78.9 Å². The first-order valence-electron chi connectivity index (χ1n) is 38.2. The number of aromatic hydroxyl groups is 2. The Labute approximate surface area is 731 Å². The van der Waals surface area contributed by atoms with E-state index in [1.54, 1.807) is 75.9 Å². The van der Waals surface area contributed by atoms with Crippen LogP contribution in [0.25, 0.3) is 0 Å². The van der Waals surface area contributed by atoms with E-state index in [2.05, 4.69) is 10.1 Å². The molecule has 0 heterocycles. The average Bonchev–Trinajstić information content (AvgIpc) is 1.49. The third kappa shape index (κ3) is 25.6. The molecule has 8 aromatic carbocycles. The number of ether oxygens (including phenoxy) is 12. The Hall–Kier alpha value is -12.9. The number of hydrogen-bond acceptors (Lipinski definition) is 26. The molecule has 12 rings (SSSR count). The van der Waals surface area contributed by atoms with Crippen LogP contribution in [0.4, 0.5) is 17.6 Å². The predicted molar refractivity (Wildman–Crippen MR) is 446 cm³/mol. The molecule has 0 aliphatic heterocycles. The molecule has 673 valence electrons. The fourth-order valence-electron chi connectivity index (χ4n) is 14.3. The maximum atomic E-state index is 14.6. The lowest BCUT2D eigenvalue weighted by atomic mass is 9.93. The van der Waals surface area contributed by atoms with Gasteiger partial charge in [-0.1, -0.05) is 56.0 Å². The minimum absolute atomic E-state index is 0. The van der Waals surface area contributed by atoms with Crippen molar-refractivity contribution in [1.82, 2.24) is 10.4 Å². The Bertz CT molecular complexity index is 5180. The van der Waals surface area contributed by atoms with Gasteiger partial charge in [-0.25, -0.2) is 22.6 Å². The number of nitrogens with one attached hydrogen (secondary N) is 1. The van der Waals surface area contributed by atoms with Crippen LogP contribution in [0, 0.1) is 68.6 Å². The molecule has 4 saturated carbocycles. The van der Waals surface area contributed by atoms with Gasteiger partial charge >= 0.3 is 41.8 Å². The molecule has 4 aliphatic carbocycles. The number of carboxylic acids is 1. The number of aliphatic hydroxyl groups is 1. The van der Waals surface area contributed by atoms with Crippen molar-refractivity contribution in [1.29, 1.82) is 0 Å². The quantitative estimate of drug-likeness (QED) is 0.00497. The Balaban J connectivity index is 0.000000259. The number of halogens is 5. The standard InChI is InChI=1S/C32H34FNO9.C22H24FNO6.C15H14ClFO5.C13H13FO5.C8H10O2.CH4.B/c1-20(35)43-28-13-8-22(14-27(28)33)16-32(31(37)41-5)17-26(32)30(36)34(42-19-21-6-10-24(38-2)11-7-21)18-23-9-12-25(39-3)15-29(23)40-4;1-28-15-6-5-14(19(9-15)29-2)12-24-20(26)16-11-22(16,21(27)30-3)10-13-4-7-18(25)17(23)8-13;1-8(18)22-12-4-3-9(5-11(12)17)6-15(14(20)21-2)7-10(15)13(16)19;1-19-12(18)13(6-8(13)11(16)17)5-7-2-3-10(15)9(14)4-7;1-10-8-4-2-7(6-9)3-5-8;;/h6-15,26H,16-19H2,1-5H3;4-9,16,25H,10-12H2,1-3H3,(H,24,26);3-5,10H,6-7H2,1-2H3;2-4,8,15H,5-6H2,1H3,(H,16,17);2-5,9H,6H2,1H3;1H4;/t26?,32-;16?,22-;10?,15-;8?,13-;;;/m0000.../s1. The zero-order valence-corrected chi connectivity index (χ0v) is 71.2. The van der Waals surface area contributed by atoms with E-state index >= 15 is 0 Å². The highest BCUT2D eigenvalue weighted by Gasteiger charge is 2.67. The third-order valence-electron chi connectivity index (χ3n) is 21.3. The van der Waals surface area contributed by atoms with Crippen molar-refractivity contribution in [3.63, 3.8) is 0 Å². The molecule has 4 aliphatic rings. The second-order valence-corrected chi connectivity index (χ2v) is 29.7. The molecule has 0 spiro atoms. The van der Waals surface area contributed by atoms with E-state index in [0.29, 0.717) is 63.0 Å². The number of carbonyl (C=O) groups is 10. The van der Waals surface area contributed by atoms with Crippen LogP contribution in [-0.4, -0.2) is 164 Å². The summed E-state index contributed by atoms with van der Waals surface area (Å²) in [6, 6.07) is 40.7. The van der Waals surface area contributed by atoms with Crippen molar-refractivity contribution < 1.29 is 148 Å². The number of phenols is 2. The van der Waals surface area contributed by atoms with Crippen LogP contribution < -0.4 is 43.2 Å². The number of carbonyl (C=O) groups excluding carboxylic acids is 9. The van der Waals surface area contributed by atoms with Gasteiger partial charge in [0.2, 0.25) is 11.1 Å². The zero-order valence-electron chi connectivity index (χ0n) is 70.4. The highest BCUT2D eigenvalue weighted by molar-refractivity contribution is 6.64. The summed E-state index contributed by atoms with van der Waals surface area (Å²) in [6.07, 6.45) is 1.30. The molecule has 29 nitrogen and oxygen atoms in total. The highest BCUT2D eigenvalue weighted by Crippen LogP contribution is 2.60. The monoisotopic (exact) mass is 1770 g/mol. The van der Waals surface area contributed by atoms with E-state index in [0.717, 1.165) is 40.6 Å². The summed E-state index contributed by atoms with van der Waals surface area (Å²) in [5.41, 5.74) is 0.546.